The fourth-order valence-corrected chi connectivity index (χ4v) is 9.37. The number of nitrogens with zero attached hydrogens (tertiary/aromatic N) is 3. The van der Waals surface area contributed by atoms with Gasteiger partial charge in [0.1, 0.15) is 0 Å². The molecule has 64 heavy (non-hydrogen) atoms. The van der Waals surface area contributed by atoms with Gasteiger partial charge in [-0.25, -0.2) is 0 Å². The quantitative estimate of drug-likeness (QED) is 0.152. The van der Waals surface area contributed by atoms with Crippen molar-refractivity contribution in [2.75, 3.05) is 9.80 Å². The van der Waals surface area contributed by atoms with Gasteiger partial charge in [0, 0.05) is 22.7 Å². The van der Waals surface area contributed by atoms with Gasteiger partial charge in [-0.15, -0.1) is 0 Å². The van der Waals surface area contributed by atoms with E-state index in [0.717, 1.165) is 67.9 Å². The summed E-state index contributed by atoms with van der Waals surface area (Å²) in [5.41, 5.74) is 14.3. The number of hydrogen-bond donors (Lipinski definition) is 0. The van der Waals surface area contributed by atoms with Crippen LogP contribution in [0.2, 0.25) is 0 Å². The second kappa shape index (κ2) is 15.7. The van der Waals surface area contributed by atoms with Crippen LogP contribution >= 0.6 is 0 Å². The number of fused-ring (bicyclic) bond motifs is 5. The zero-order chi connectivity index (χ0) is 42.4. The number of ether oxygens (including phenoxy) is 1. The highest BCUT2D eigenvalue weighted by Gasteiger charge is 2.35. The molecule has 4 heteroatoms. The van der Waals surface area contributed by atoms with Gasteiger partial charge < -0.3 is 9.64 Å². The van der Waals surface area contributed by atoms with Crippen molar-refractivity contribution in [3.63, 3.8) is 0 Å². The molecule has 0 spiro atoms. The van der Waals surface area contributed by atoms with E-state index in [0.29, 0.717) is 0 Å². The molecular formula is C60H41N3O. The van der Waals surface area contributed by atoms with Crippen molar-refractivity contribution < 1.29 is 4.74 Å². The molecule has 4 nitrogen and oxygen atoms in total. The second-order valence-corrected chi connectivity index (χ2v) is 16.1. The lowest BCUT2D eigenvalue weighted by molar-refractivity contribution is 0.481. The molecule has 10 aromatic carbocycles. The Balaban J connectivity index is 1.06. The van der Waals surface area contributed by atoms with Gasteiger partial charge in [0.15, 0.2) is 17.3 Å². The lowest BCUT2D eigenvalue weighted by Crippen LogP contribution is -2.18. The summed E-state index contributed by atoms with van der Waals surface area (Å²) in [6, 6.07) is 88.6. The fourth-order valence-electron chi connectivity index (χ4n) is 9.37. The van der Waals surface area contributed by atoms with Gasteiger partial charge in [-0.05, 0) is 117 Å². The Morgan fingerprint density at radius 3 is 1.58 bits per heavy atom. The molecule has 11 aromatic rings. The Morgan fingerprint density at radius 2 is 0.891 bits per heavy atom. The lowest BCUT2D eigenvalue weighted by atomic mass is 9.98. The summed E-state index contributed by atoms with van der Waals surface area (Å²) in [6.45, 7) is 0. The van der Waals surface area contributed by atoms with E-state index in [4.69, 9.17) is 4.74 Å². The summed E-state index contributed by atoms with van der Waals surface area (Å²) >= 11 is 0. The van der Waals surface area contributed by atoms with Crippen LogP contribution in [0.5, 0.6) is 11.5 Å². The van der Waals surface area contributed by atoms with Crippen LogP contribution in [0, 0.1) is 0 Å². The van der Waals surface area contributed by atoms with E-state index in [2.05, 4.69) is 257 Å². The van der Waals surface area contributed by atoms with Crippen molar-refractivity contribution in [1.29, 1.82) is 0 Å². The summed E-state index contributed by atoms with van der Waals surface area (Å²) in [5.74, 6) is 2.54. The third kappa shape index (κ3) is 6.40. The van der Waals surface area contributed by atoms with E-state index in [-0.39, 0.29) is 0 Å². The van der Waals surface area contributed by atoms with Crippen LogP contribution < -0.4 is 14.5 Å². The molecular weight excluding hydrogens is 779 g/mol. The van der Waals surface area contributed by atoms with E-state index in [9.17, 15) is 0 Å². The Hall–Kier alpha value is -8.60. The smallest absolute Gasteiger partial charge is 0.180 e. The number of anilines is 6. The number of hydrogen-bond acceptors (Lipinski definition) is 3. The summed E-state index contributed by atoms with van der Waals surface area (Å²) in [5, 5.41) is 3.47. The third-order valence-corrected chi connectivity index (χ3v) is 12.4. The van der Waals surface area contributed by atoms with Gasteiger partial charge in [-0.3, -0.25) is 9.47 Å². The summed E-state index contributed by atoms with van der Waals surface area (Å²) in [6.07, 6.45) is 0. The zero-order valence-corrected chi connectivity index (χ0v) is 34.9. The number of para-hydroxylation sites is 4. The molecule has 0 saturated carbocycles. The average molecular weight is 820 g/mol. The molecule has 0 aliphatic carbocycles. The Labute approximate surface area is 372 Å². The predicted octanol–water partition coefficient (Wildman–Crippen LogP) is 16.8. The highest BCUT2D eigenvalue weighted by Crippen LogP contribution is 2.58. The minimum Gasteiger partial charge on any atom is -0.450 e. The van der Waals surface area contributed by atoms with Gasteiger partial charge in [-0.2, -0.15) is 0 Å². The molecule has 1 aliphatic heterocycles. The minimum atomic E-state index is 0.796. The first-order chi connectivity index (χ1) is 31.8. The Bertz CT molecular complexity index is 3430. The highest BCUT2D eigenvalue weighted by molar-refractivity contribution is 6.09. The van der Waals surface area contributed by atoms with Crippen LogP contribution in [0.1, 0.15) is 0 Å². The van der Waals surface area contributed by atoms with Crippen molar-refractivity contribution in [1.82, 2.24) is 4.57 Å². The first-order valence-electron chi connectivity index (χ1n) is 21.8. The van der Waals surface area contributed by atoms with E-state index in [1.54, 1.807) is 0 Å². The van der Waals surface area contributed by atoms with E-state index in [1.807, 2.05) is 6.07 Å². The molecule has 0 radical (unpaired) electrons. The van der Waals surface area contributed by atoms with Crippen LogP contribution in [-0.4, -0.2) is 4.57 Å². The fraction of sp³-hybridized carbons (Fsp3) is 0. The van der Waals surface area contributed by atoms with Gasteiger partial charge in [0.05, 0.1) is 22.3 Å². The minimum absolute atomic E-state index is 0.796. The van der Waals surface area contributed by atoms with Crippen molar-refractivity contribution in [2.45, 2.75) is 0 Å². The van der Waals surface area contributed by atoms with Crippen LogP contribution in [-0.2, 0) is 0 Å². The number of benzene rings is 10. The Morgan fingerprint density at radius 1 is 0.375 bits per heavy atom. The first kappa shape index (κ1) is 37.2. The molecule has 0 bridgehead atoms. The van der Waals surface area contributed by atoms with Crippen molar-refractivity contribution >= 4 is 55.9 Å². The lowest BCUT2D eigenvalue weighted by Gasteiger charge is -2.33. The van der Waals surface area contributed by atoms with Crippen LogP contribution in [0.15, 0.2) is 249 Å². The largest absolute Gasteiger partial charge is 0.450 e. The molecule has 0 amide bonds. The molecule has 0 fully saturated rings. The van der Waals surface area contributed by atoms with Gasteiger partial charge in [-0.1, -0.05) is 176 Å². The molecule has 1 aliphatic rings. The normalized spacial score (nSPS) is 11.8. The maximum Gasteiger partial charge on any atom is 0.180 e. The van der Waals surface area contributed by atoms with Crippen LogP contribution in [0.3, 0.4) is 0 Å². The molecule has 1 aromatic heterocycles. The van der Waals surface area contributed by atoms with Crippen molar-refractivity contribution in [3.8, 4) is 50.6 Å². The maximum absolute atomic E-state index is 7.15. The van der Waals surface area contributed by atoms with Crippen molar-refractivity contribution in [2.24, 2.45) is 0 Å². The number of aromatic nitrogens is 1. The van der Waals surface area contributed by atoms with Crippen LogP contribution in [0.25, 0.3) is 60.7 Å². The highest BCUT2D eigenvalue weighted by atomic mass is 16.5. The SMILES string of the molecule is c1ccc(-c2ccc(-c3ccc(N(c4ccc(-c5cccc6ccccc56)cc4)c4cccc5c4c4c(n5-c5ccccc5)N(c5ccccc5)c5ccccc5O4)cc3)cc2)cc1. The first-order valence-corrected chi connectivity index (χ1v) is 21.8. The standard InChI is InChI=1S/C60H41N3O/c1-4-16-42(17-5-1)43-30-32-44(33-31-43)45-34-38-50(39-35-45)61(51-40-36-47(37-41-51)53-25-14-19-46-18-10-11-24-52(46)53)55-27-15-28-56-58(55)59-60(63(56)49-22-8-3-9-23-49)62(48-20-6-2-7-21-48)54-26-12-13-29-57(54)64-59/h1-41H. The van der Waals surface area contributed by atoms with E-state index >= 15 is 0 Å². The monoisotopic (exact) mass is 819 g/mol. The second-order valence-electron chi connectivity index (χ2n) is 16.1. The number of rotatable bonds is 8. The average Bonchev–Trinajstić information content (AvgIpc) is 3.71. The summed E-state index contributed by atoms with van der Waals surface area (Å²) in [7, 11) is 0. The molecule has 0 saturated heterocycles. The Kier molecular flexibility index (Phi) is 9.12. The third-order valence-electron chi connectivity index (χ3n) is 12.4. The van der Waals surface area contributed by atoms with Gasteiger partial charge in [0.25, 0.3) is 0 Å². The molecule has 0 N–H and O–H groups in total. The van der Waals surface area contributed by atoms with Gasteiger partial charge in [0.2, 0.25) is 0 Å². The molecule has 0 atom stereocenters. The van der Waals surface area contributed by atoms with E-state index < -0.39 is 0 Å². The maximum atomic E-state index is 7.15. The summed E-state index contributed by atoms with van der Waals surface area (Å²) < 4.78 is 9.50. The molecule has 12 rings (SSSR count). The molecule has 2 heterocycles. The van der Waals surface area contributed by atoms with Crippen molar-refractivity contribution in [3.05, 3.63) is 249 Å². The van der Waals surface area contributed by atoms with E-state index in [1.165, 1.54) is 38.6 Å². The molecule has 302 valence electrons. The molecule has 0 unspecified atom stereocenters. The summed E-state index contributed by atoms with van der Waals surface area (Å²) in [4.78, 5) is 4.72. The zero-order valence-electron chi connectivity index (χ0n) is 34.9. The predicted molar refractivity (Wildman–Crippen MR) is 267 cm³/mol. The van der Waals surface area contributed by atoms with Crippen LogP contribution in [0.4, 0.5) is 34.3 Å². The van der Waals surface area contributed by atoms with Gasteiger partial charge >= 0.3 is 0 Å². The topological polar surface area (TPSA) is 20.6 Å².